The Morgan fingerprint density at radius 2 is 1.47 bits per heavy atom. The molecule has 1 aliphatic carbocycles. The van der Waals surface area contributed by atoms with E-state index in [2.05, 4.69) is 51.5 Å². The highest BCUT2D eigenvalue weighted by Crippen LogP contribution is 2.36. The van der Waals surface area contributed by atoms with Crippen molar-refractivity contribution in [2.75, 3.05) is 0 Å². The molecule has 10 heteroatoms. The number of carbonyl (C=O) groups is 2. The van der Waals surface area contributed by atoms with Gasteiger partial charge in [-0.1, -0.05) is 68.3 Å². The van der Waals surface area contributed by atoms with Crippen molar-refractivity contribution < 1.29 is 27.9 Å². The number of amides is 1. The summed E-state index contributed by atoms with van der Waals surface area (Å²) < 4.78 is 38.2. The van der Waals surface area contributed by atoms with Gasteiger partial charge in [-0.25, -0.2) is 14.8 Å². The number of hydrogen-bond donors (Lipinski definition) is 2. The third-order valence-corrected chi connectivity index (χ3v) is 7.95. The Bertz CT molecular complexity index is 1550. The van der Waals surface area contributed by atoms with Gasteiger partial charge in [0.05, 0.1) is 5.56 Å². The lowest BCUT2D eigenvalue weighted by Gasteiger charge is -2.26. The minimum atomic E-state index is -4.64. The molecule has 7 nitrogen and oxygen atoms in total. The summed E-state index contributed by atoms with van der Waals surface area (Å²) in [6, 6.07) is 15.9. The van der Waals surface area contributed by atoms with Crippen LogP contribution in [0.4, 0.5) is 13.2 Å². The summed E-state index contributed by atoms with van der Waals surface area (Å²) in [5, 5.41) is 12.0. The lowest BCUT2D eigenvalue weighted by molar-refractivity contribution is -0.141. The maximum Gasteiger partial charge on any atom is 0.433 e. The third kappa shape index (κ3) is 7.43. The number of halogens is 3. The summed E-state index contributed by atoms with van der Waals surface area (Å²) in [7, 11) is 0. The fourth-order valence-electron chi connectivity index (χ4n) is 5.33. The topological polar surface area (TPSA) is 105 Å². The van der Waals surface area contributed by atoms with Crippen molar-refractivity contribution in [1.29, 1.82) is 0 Å². The van der Waals surface area contributed by atoms with Gasteiger partial charge in [-0.3, -0.25) is 9.78 Å². The maximum atomic E-state index is 12.7. The Hall–Kier alpha value is -4.60. The average molecular weight is 589 g/mol. The predicted octanol–water partition coefficient (Wildman–Crippen LogP) is 6.94. The summed E-state index contributed by atoms with van der Waals surface area (Å²) in [6.45, 7) is 2.32. The number of benzene rings is 2. The molecule has 1 amide bonds. The predicted molar refractivity (Wildman–Crippen MR) is 155 cm³/mol. The van der Waals surface area contributed by atoms with Crippen LogP contribution in [-0.2, 0) is 17.4 Å². The molecule has 0 unspecified atom stereocenters. The van der Waals surface area contributed by atoms with Crippen LogP contribution in [0.2, 0.25) is 0 Å². The van der Waals surface area contributed by atoms with E-state index in [1.807, 2.05) is 0 Å². The zero-order valence-corrected chi connectivity index (χ0v) is 23.5. The van der Waals surface area contributed by atoms with Crippen molar-refractivity contribution in [3.05, 3.63) is 102 Å². The first-order valence-corrected chi connectivity index (χ1v) is 14.2. The fourth-order valence-corrected chi connectivity index (χ4v) is 5.33. The number of aromatic nitrogens is 3. The van der Waals surface area contributed by atoms with E-state index in [1.54, 1.807) is 36.7 Å². The summed E-state index contributed by atoms with van der Waals surface area (Å²) >= 11 is 0. The van der Waals surface area contributed by atoms with E-state index in [0.29, 0.717) is 23.4 Å². The number of carbonyl (C=O) groups excluding carboxylic acids is 1. The van der Waals surface area contributed by atoms with Gasteiger partial charge in [-0.2, -0.15) is 13.2 Å². The SMILES string of the molecule is CC1CCC(c2ccc(-c3cnc(-c4ccc(C[C@H](NC(=O)c5ccc(C(F)(F)F)nc5)C(=O)O)cc4)nc3)cc2)CC1. The van der Waals surface area contributed by atoms with Crippen LogP contribution >= 0.6 is 0 Å². The Labute approximate surface area is 247 Å². The van der Waals surface area contributed by atoms with E-state index in [4.69, 9.17) is 0 Å². The second-order valence-electron chi connectivity index (χ2n) is 11.1. The van der Waals surface area contributed by atoms with E-state index in [0.717, 1.165) is 34.9 Å². The number of carboxylic acid groups (broad SMARTS) is 1. The molecule has 1 fully saturated rings. The van der Waals surface area contributed by atoms with Crippen LogP contribution in [-0.4, -0.2) is 38.0 Å². The van der Waals surface area contributed by atoms with Gasteiger partial charge in [-0.05, 0) is 53.5 Å². The van der Waals surface area contributed by atoms with Crippen LogP contribution in [0, 0.1) is 5.92 Å². The molecule has 4 aromatic rings. The van der Waals surface area contributed by atoms with Crippen molar-refractivity contribution in [2.24, 2.45) is 5.92 Å². The number of nitrogens with zero attached hydrogens (tertiary/aromatic N) is 3. The molecule has 1 saturated carbocycles. The second kappa shape index (κ2) is 12.7. The number of nitrogens with one attached hydrogen (secondary N) is 1. The zero-order chi connectivity index (χ0) is 30.6. The molecule has 0 spiro atoms. The van der Waals surface area contributed by atoms with Gasteiger partial charge >= 0.3 is 12.1 Å². The molecule has 2 aromatic carbocycles. The Morgan fingerprint density at radius 1 is 0.837 bits per heavy atom. The van der Waals surface area contributed by atoms with Crippen LogP contribution in [0.5, 0.6) is 0 Å². The monoisotopic (exact) mass is 588 g/mol. The Balaban J connectivity index is 1.20. The Kier molecular flexibility index (Phi) is 8.84. The second-order valence-corrected chi connectivity index (χ2v) is 11.1. The van der Waals surface area contributed by atoms with E-state index < -0.39 is 29.8 Å². The fraction of sp³-hybridized carbons (Fsp3) is 0.303. The van der Waals surface area contributed by atoms with Gasteiger partial charge in [0.1, 0.15) is 11.7 Å². The van der Waals surface area contributed by atoms with Crippen LogP contribution in [0.25, 0.3) is 22.5 Å². The van der Waals surface area contributed by atoms with Crippen molar-refractivity contribution >= 4 is 11.9 Å². The molecule has 1 aliphatic rings. The molecule has 43 heavy (non-hydrogen) atoms. The van der Waals surface area contributed by atoms with Crippen molar-refractivity contribution in [3.63, 3.8) is 0 Å². The zero-order valence-electron chi connectivity index (χ0n) is 23.5. The smallest absolute Gasteiger partial charge is 0.433 e. The molecule has 0 radical (unpaired) electrons. The van der Waals surface area contributed by atoms with Crippen LogP contribution in [0.3, 0.4) is 0 Å². The molecule has 0 aliphatic heterocycles. The maximum absolute atomic E-state index is 12.7. The van der Waals surface area contributed by atoms with Gasteiger partial charge in [0.15, 0.2) is 5.82 Å². The normalized spacial score (nSPS) is 17.7. The molecule has 2 N–H and O–H groups in total. The molecule has 2 aromatic heterocycles. The molecule has 2 heterocycles. The number of hydrogen-bond acceptors (Lipinski definition) is 5. The summed E-state index contributed by atoms with van der Waals surface area (Å²) in [6.07, 6.45) is 4.68. The first-order valence-electron chi connectivity index (χ1n) is 14.2. The molecule has 1 atom stereocenters. The van der Waals surface area contributed by atoms with Crippen molar-refractivity contribution in [2.45, 2.75) is 57.2 Å². The van der Waals surface area contributed by atoms with Gasteiger partial charge in [0.25, 0.3) is 5.91 Å². The number of alkyl halides is 3. The van der Waals surface area contributed by atoms with E-state index in [9.17, 15) is 27.9 Å². The molecule has 0 bridgehead atoms. The minimum absolute atomic E-state index is 0.0366. The lowest BCUT2D eigenvalue weighted by atomic mass is 9.79. The lowest BCUT2D eigenvalue weighted by Crippen LogP contribution is -2.42. The summed E-state index contributed by atoms with van der Waals surface area (Å²) in [5.74, 6) is -0.153. The van der Waals surface area contributed by atoms with Crippen LogP contribution in [0.15, 0.2) is 79.3 Å². The Morgan fingerprint density at radius 3 is 2.02 bits per heavy atom. The number of rotatable bonds is 8. The molecule has 5 rings (SSSR count). The standard InChI is InChI=1S/C33H31F3N4O3/c1-20-2-6-22(7-3-20)23-10-12-24(13-11-23)27-18-38-30(39-19-27)25-8-4-21(5-9-25)16-28(32(42)43)40-31(41)26-14-15-29(37-17-26)33(34,35)36/h4-5,8-15,17-20,22,28H,2-3,6-7,16H2,1H3,(H,40,41)(H,42,43)/t20?,22?,28-/m0/s1. The molecule has 0 saturated heterocycles. The third-order valence-electron chi connectivity index (χ3n) is 7.95. The van der Waals surface area contributed by atoms with Crippen molar-refractivity contribution in [3.8, 4) is 22.5 Å². The molecular formula is C33H31F3N4O3. The van der Waals surface area contributed by atoms with Gasteiger partial charge in [-0.15, -0.1) is 0 Å². The van der Waals surface area contributed by atoms with Gasteiger partial charge < -0.3 is 10.4 Å². The first-order chi connectivity index (χ1) is 20.6. The van der Waals surface area contributed by atoms with E-state index in [-0.39, 0.29) is 12.0 Å². The van der Waals surface area contributed by atoms with Crippen LogP contribution in [0.1, 0.15) is 65.7 Å². The van der Waals surface area contributed by atoms with E-state index >= 15 is 0 Å². The largest absolute Gasteiger partial charge is 0.480 e. The summed E-state index contributed by atoms with van der Waals surface area (Å²) in [5.41, 5.74) is 3.39. The first kappa shape index (κ1) is 29.9. The van der Waals surface area contributed by atoms with Crippen molar-refractivity contribution in [1.82, 2.24) is 20.3 Å². The highest BCUT2D eigenvalue weighted by atomic mass is 19.4. The van der Waals surface area contributed by atoms with Crippen LogP contribution < -0.4 is 5.32 Å². The number of pyridine rings is 1. The highest BCUT2D eigenvalue weighted by Gasteiger charge is 2.32. The highest BCUT2D eigenvalue weighted by molar-refractivity contribution is 5.96. The molecule has 222 valence electrons. The van der Waals surface area contributed by atoms with E-state index in [1.165, 1.54) is 31.2 Å². The minimum Gasteiger partial charge on any atom is -0.480 e. The average Bonchev–Trinajstić information content (AvgIpc) is 3.01. The van der Waals surface area contributed by atoms with Gasteiger partial charge in [0.2, 0.25) is 0 Å². The quantitative estimate of drug-likeness (QED) is 0.231. The number of carboxylic acids is 1. The van der Waals surface area contributed by atoms with Gasteiger partial charge in [0, 0.05) is 36.1 Å². The summed E-state index contributed by atoms with van der Waals surface area (Å²) in [4.78, 5) is 36.6. The number of aliphatic carboxylic acids is 1. The molecular weight excluding hydrogens is 557 g/mol.